The Bertz CT molecular complexity index is 512. The van der Waals surface area contributed by atoms with Crippen LogP contribution in [0.5, 0.6) is 0 Å². The van der Waals surface area contributed by atoms with Crippen LogP contribution in [0, 0.1) is 11.7 Å². The summed E-state index contributed by atoms with van der Waals surface area (Å²) in [5.41, 5.74) is 0.561. The average molecular weight is 293 g/mol. The molecule has 114 valence electrons. The van der Waals surface area contributed by atoms with E-state index in [2.05, 4.69) is 5.32 Å². The number of carbonyl (C=O) groups is 2. The van der Waals surface area contributed by atoms with E-state index in [0.29, 0.717) is 5.56 Å². The highest BCUT2D eigenvalue weighted by Gasteiger charge is 2.26. The molecule has 1 amide bonds. The van der Waals surface area contributed by atoms with E-state index in [0.717, 1.165) is 32.1 Å². The largest absolute Gasteiger partial charge is 0.480 e. The lowest BCUT2D eigenvalue weighted by Gasteiger charge is -2.23. The molecule has 0 heterocycles. The lowest BCUT2D eigenvalue weighted by atomic mass is 9.88. The van der Waals surface area contributed by atoms with Crippen LogP contribution in [0.4, 0.5) is 4.39 Å². The lowest BCUT2D eigenvalue weighted by molar-refractivity contribution is -0.142. The number of aliphatic carboxylic acids is 1. The van der Waals surface area contributed by atoms with E-state index in [1.165, 1.54) is 18.2 Å². The zero-order chi connectivity index (χ0) is 15.2. The third-order valence-corrected chi connectivity index (χ3v) is 3.92. The zero-order valence-electron chi connectivity index (χ0n) is 11.8. The van der Waals surface area contributed by atoms with Crippen LogP contribution in [0.3, 0.4) is 0 Å². The van der Waals surface area contributed by atoms with Crippen molar-refractivity contribution in [3.8, 4) is 0 Å². The first-order valence-corrected chi connectivity index (χ1v) is 7.34. The molecule has 1 aromatic carbocycles. The van der Waals surface area contributed by atoms with E-state index >= 15 is 0 Å². The number of hydrogen-bond acceptors (Lipinski definition) is 2. The van der Waals surface area contributed by atoms with Gasteiger partial charge >= 0.3 is 5.97 Å². The Hall–Kier alpha value is -1.91. The number of hydrogen-bond donors (Lipinski definition) is 2. The number of amides is 1. The van der Waals surface area contributed by atoms with Gasteiger partial charge in [-0.05, 0) is 30.5 Å². The molecular weight excluding hydrogens is 273 g/mol. The van der Waals surface area contributed by atoms with E-state index in [1.54, 1.807) is 6.07 Å². The topological polar surface area (TPSA) is 66.4 Å². The molecule has 4 nitrogen and oxygen atoms in total. The maximum Gasteiger partial charge on any atom is 0.326 e. The minimum atomic E-state index is -1.09. The molecule has 1 aliphatic rings. The summed E-state index contributed by atoms with van der Waals surface area (Å²) in [4.78, 5) is 23.4. The number of rotatable bonds is 5. The zero-order valence-corrected chi connectivity index (χ0v) is 11.8. The summed E-state index contributed by atoms with van der Waals surface area (Å²) in [7, 11) is 0. The molecule has 0 spiro atoms. The summed E-state index contributed by atoms with van der Waals surface area (Å²) in [6.45, 7) is 0. The summed E-state index contributed by atoms with van der Waals surface area (Å²) in [6, 6.07) is 4.78. The van der Waals surface area contributed by atoms with Crippen LogP contribution in [0.2, 0.25) is 0 Å². The molecular formula is C16H20FNO3. The fourth-order valence-corrected chi connectivity index (χ4v) is 2.75. The van der Waals surface area contributed by atoms with Crippen LogP contribution >= 0.6 is 0 Å². The van der Waals surface area contributed by atoms with Gasteiger partial charge in [0.25, 0.3) is 0 Å². The normalized spacial score (nSPS) is 17.2. The van der Waals surface area contributed by atoms with Gasteiger partial charge in [-0.25, -0.2) is 9.18 Å². The van der Waals surface area contributed by atoms with Gasteiger partial charge in [0.05, 0.1) is 0 Å². The van der Waals surface area contributed by atoms with Gasteiger partial charge in [0.1, 0.15) is 11.9 Å². The number of carboxylic acid groups (broad SMARTS) is 1. The van der Waals surface area contributed by atoms with Gasteiger partial charge in [-0.1, -0.05) is 31.4 Å². The van der Waals surface area contributed by atoms with E-state index in [1.807, 2.05) is 0 Å². The van der Waals surface area contributed by atoms with Crippen molar-refractivity contribution < 1.29 is 19.1 Å². The molecule has 1 atom stereocenters. The van der Waals surface area contributed by atoms with E-state index in [4.69, 9.17) is 0 Å². The van der Waals surface area contributed by atoms with Crippen molar-refractivity contribution in [2.75, 3.05) is 0 Å². The van der Waals surface area contributed by atoms with Gasteiger partial charge in [-0.15, -0.1) is 0 Å². The predicted octanol–water partition coefficient (Wildman–Crippen LogP) is 2.52. The van der Waals surface area contributed by atoms with Crippen molar-refractivity contribution >= 4 is 11.9 Å². The Kier molecular flexibility index (Phi) is 5.31. The highest BCUT2D eigenvalue weighted by molar-refractivity contribution is 5.85. The van der Waals surface area contributed by atoms with Crippen molar-refractivity contribution in [3.63, 3.8) is 0 Å². The predicted molar refractivity (Wildman–Crippen MR) is 76.2 cm³/mol. The summed E-state index contributed by atoms with van der Waals surface area (Å²) >= 11 is 0. The Labute approximate surface area is 123 Å². The minimum Gasteiger partial charge on any atom is -0.480 e. The number of nitrogens with one attached hydrogen (secondary N) is 1. The smallest absolute Gasteiger partial charge is 0.326 e. The van der Waals surface area contributed by atoms with Gasteiger partial charge < -0.3 is 10.4 Å². The molecule has 0 bridgehead atoms. The highest BCUT2D eigenvalue weighted by Crippen LogP contribution is 2.23. The molecule has 21 heavy (non-hydrogen) atoms. The summed E-state index contributed by atoms with van der Waals surface area (Å²) in [5, 5.41) is 11.8. The summed E-state index contributed by atoms with van der Waals surface area (Å²) in [6.07, 6.45) is 4.89. The fourth-order valence-electron chi connectivity index (χ4n) is 2.75. The summed E-state index contributed by atoms with van der Waals surface area (Å²) < 4.78 is 13.1. The lowest BCUT2D eigenvalue weighted by Crippen LogP contribution is -2.45. The van der Waals surface area contributed by atoms with Crippen molar-refractivity contribution in [2.45, 2.75) is 44.6 Å². The fraction of sp³-hybridized carbons (Fsp3) is 0.500. The van der Waals surface area contributed by atoms with Crippen LogP contribution < -0.4 is 5.32 Å². The molecule has 0 aromatic heterocycles. The standard InChI is InChI=1S/C16H20FNO3/c17-13-8-4-5-11(9-13)10-14(16(20)21)18-15(19)12-6-2-1-3-7-12/h4-5,8-9,12,14H,1-3,6-7,10H2,(H,18,19)(H,20,21)/t14-/m1/s1. The van der Waals surface area contributed by atoms with Gasteiger partial charge in [-0.2, -0.15) is 0 Å². The third-order valence-electron chi connectivity index (χ3n) is 3.92. The highest BCUT2D eigenvalue weighted by atomic mass is 19.1. The van der Waals surface area contributed by atoms with E-state index in [9.17, 15) is 19.1 Å². The van der Waals surface area contributed by atoms with Crippen molar-refractivity contribution in [1.29, 1.82) is 0 Å². The molecule has 1 aliphatic carbocycles. The Balaban J connectivity index is 1.98. The van der Waals surface area contributed by atoms with Crippen LogP contribution in [0.15, 0.2) is 24.3 Å². The number of benzene rings is 1. The van der Waals surface area contributed by atoms with Gasteiger partial charge in [-0.3, -0.25) is 4.79 Å². The molecule has 0 unspecified atom stereocenters. The SMILES string of the molecule is O=C(N[C@H](Cc1cccc(F)c1)C(=O)O)C1CCCCC1. The first kappa shape index (κ1) is 15.5. The minimum absolute atomic E-state index is 0.0888. The maximum atomic E-state index is 13.1. The second kappa shape index (κ2) is 7.20. The quantitative estimate of drug-likeness (QED) is 0.876. The Morgan fingerprint density at radius 3 is 2.62 bits per heavy atom. The molecule has 0 aliphatic heterocycles. The van der Waals surface area contributed by atoms with Crippen LogP contribution in [0.25, 0.3) is 0 Å². The molecule has 1 saturated carbocycles. The van der Waals surface area contributed by atoms with Crippen LogP contribution in [-0.4, -0.2) is 23.0 Å². The molecule has 1 fully saturated rings. The van der Waals surface area contributed by atoms with E-state index < -0.39 is 17.8 Å². The molecule has 1 aromatic rings. The maximum absolute atomic E-state index is 13.1. The van der Waals surface area contributed by atoms with Crippen molar-refractivity contribution in [1.82, 2.24) is 5.32 Å². The van der Waals surface area contributed by atoms with Gasteiger partial charge in [0.15, 0.2) is 0 Å². The second-order valence-electron chi connectivity index (χ2n) is 5.57. The average Bonchev–Trinajstić information content (AvgIpc) is 2.47. The van der Waals surface area contributed by atoms with Gasteiger partial charge in [0.2, 0.25) is 5.91 Å². The number of carbonyl (C=O) groups excluding carboxylic acids is 1. The Morgan fingerprint density at radius 1 is 1.29 bits per heavy atom. The molecule has 0 saturated heterocycles. The molecule has 2 N–H and O–H groups in total. The molecule has 5 heteroatoms. The van der Waals surface area contributed by atoms with Crippen molar-refractivity contribution in [3.05, 3.63) is 35.6 Å². The number of halogens is 1. The third kappa shape index (κ3) is 4.55. The van der Waals surface area contributed by atoms with E-state index in [-0.39, 0.29) is 18.2 Å². The Morgan fingerprint density at radius 2 is 2.00 bits per heavy atom. The van der Waals surface area contributed by atoms with Gasteiger partial charge in [0, 0.05) is 12.3 Å². The second-order valence-corrected chi connectivity index (χ2v) is 5.57. The monoisotopic (exact) mass is 293 g/mol. The van der Waals surface area contributed by atoms with Crippen LogP contribution in [0.1, 0.15) is 37.7 Å². The number of carboxylic acids is 1. The first-order chi connectivity index (χ1) is 10.1. The molecule has 2 rings (SSSR count). The molecule has 0 radical (unpaired) electrons. The first-order valence-electron chi connectivity index (χ1n) is 7.34. The van der Waals surface area contributed by atoms with Crippen LogP contribution in [-0.2, 0) is 16.0 Å². The van der Waals surface area contributed by atoms with Crippen molar-refractivity contribution in [2.24, 2.45) is 5.92 Å². The summed E-state index contributed by atoms with van der Waals surface area (Å²) in [5.74, 6) is -1.79.